The predicted molar refractivity (Wildman–Crippen MR) is 121 cm³/mol. The van der Waals surface area contributed by atoms with Crippen LogP contribution in [0.4, 0.5) is 4.39 Å². The zero-order valence-electron chi connectivity index (χ0n) is 17.4. The van der Waals surface area contributed by atoms with Crippen molar-refractivity contribution >= 4 is 27.5 Å². The van der Waals surface area contributed by atoms with Gasteiger partial charge in [-0.05, 0) is 48.4 Å². The summed E-state index contributed by atoms with van der Waals surface area (Å²) < 4.78 is 46.9. The topological polar surface area (TPSA) is 84.5 Å². The molecular formula is C23H22ClFN2O4S. The average molecular weight is 477 g/mol. The Bertz CT molecular complexity index is 1220. The van der Waals surface area contributed by atoms with E-state index in [1.54, 1.807) is 37.3 Å². The van der Waals surface area contributed by atoms with Crippen LogP contribution in [0.25, 0.3) is 0 Å². The van der Waals surface area contributed by atoms with Crippen LogP contribution < -0.4 is 14.8 Å². The Labute approximate surface area is 191 Å². The molecule has 1 amide bonds. The Morgan fingerprint density at radius 3 is 2.47 bits per heavy atom. The van der Waals surface area contributed by atoms with Crippen LogP contribution in [0.3, 0.4) is 0 Å². The lowest BCUT2D eigenvalue weighted by molar-refractivity contribution is 0.0939. The molecule has 3 rings (SSSR count). The summed E-state index contributed by atoms with van der Waals surface area (Å²) in [4.78, 5) is 12.5. The Morgan fingerprint density at radius 2 is 1.81 bits per heavy atom. The molecule has 3 aromatic rings. The number of amides is 1. The molecule has 0 fully saturated rings. The number of halogens is 2. The molecule has 0 aliphatic heterocycles. The Balaban J connectivity index is 1.76. The first kappa shape index (κ1) is 23.7. The molecule has 0 radical (unpaired) electrons. The Hall–Kier alpha value is -2.94. The van der Waals surface area contributed by atoms with Gasteiger partial charge in [0.05, 0.1) is 18.2 Å². The van der Waals surface area contributed by atoms with Crippen LogP contribution >= 0.6 is 11.6 Å². The van der Waals surface area contributed by atoms with Gasteiger partial charge < -0.3 is 10.1 Å². The second-order valence-electron chi connectivity index (χ2n) is 7.04. The zero-order chi connectivity index (χ0) is 23.3. The minimum absolute atomic E-state index is 0.00705. The van der Waals surface area contributed by atoms with Crippen molar-refractivity contribution < 1.29 is 22.3 Å². The van der Waals surface area contributed by atoms with Gasteiger partial charge in [-0.25, -0.2) is 17.5 Å². The van der Waals surface area contributed by atoms with Gasteiger partial charge in [0, 0.05) is 12.1 Å². The van der Waals surface area contributed by atoms with Gasteiger partial charge in [0.1, 0.15) is 4.90 Å². The summed E-state index contributed by atoms with van der Waals surface area (Å²) in [5, 5.41) is 2.72. The minimum Gasteiger partial charge on any atom is -0.494 e. The van der Waals surface area contributed by atoms with Crippen molar-refractivity contribution in [1.82, 2.24) is 10.0 Å². The summed E-state index contributed by atoms with van der Waals surface area (Å²) in [6, 6.07) is 16.9. The number of carbonyl (C=O) groups is 1. The SMILES string of the molecule is COc1ccc(C(C)NC(=O)c2ccc(Cl)c(S(=O)(=O)NCc3ccccc3)c2)cc1F. The maximum Gasteiger partial charge on any atom is 0.251 e. The molecule has 1 atom stereocenters. The Morgan fingerprint density at radius 1 is 1.09 bits per heavy atom. The van der Waals surface area contributed by atoms with Crippen molar-refractivity contribution in [3.8, 4) is 5.75 Å². The fourth-order valence-electron chi connectivity index (χ4n) is 3.02. The van der Waals surface area contributed by atoms with Crippen LogP contribution in [0.1, 0.15) is 34.5 Å². The van der Waals surface area contributed by atoms with Crippen molar-refractivity contribution in [3.05, 3.63) is 94.3 Å². The second kappa shape index (κ2) is 10.1. The third-order valence-electron chi connectivity index (χ3n) is 4.82. The highest BCUT2D eigenvalue weighted by atomic mass is 35.5. The highest BCUT2D eigenvalue weighted by Gasteiger charge is 2.21. The van der Waals surface area contributed by atoms with E-state index in [2.05, 4.69) is 10.0 Å². The van der Waals surface area contributed by atoms with E-state index in [-0.39, 0.29) is 27.8 Å². The van der Waals surface area contributed by atoms with Gasteiger partial charge in [-0.15, -0.1) is 0 Å². The van der Waals surface area contributed by atoms with Gasteiger partial charge in [0.15, 0.2) is 11.6 Å². The average Bonchev–Trinajstić information content (AvgIpc) is 2.78. The first-order chi connectivity index (χ1) is 15.2. The first-order valence-corrected chi connectivity index (χ1v) is 11.5. The van der Waals surface area contributed by atoms with E-state index in [1.165, 1.54) is 37.4 Å². The van der Waals surface area contributed by atoms with E-state index in [9.17, 15) is 17.6 Å². The van der Waals surface area contributed by atoms with Crippen LogP contribution in [0.5, 0.6) is 5.75 Å². The van der Waals surface area contributed by atoms with E-state index < -0.39 is 27.8 Å². The molecule has 3 aromatic carbocycles. The third kappa shape index (κ3) is 5.64. The van der Waals surface area contributed by atoms with Gasteiger partial charge in [-0.1, -0.05) is 48.0 Å². The molecule has 0 saturated carbocycles. The number of rotatable bonds is 8. The molecule has 0 aliphatic carbocycles. The van der Waals surface area contributed by atoms with E-state index in [0.29, 0.717) is 5.56 Å². The predicted octanol–water partition coefficient (Wildman–Crippen LogP) is 4.46. The minimum atomic E-state index is -3.96. The zero-order valence-corrected chi connectivity index (χ0v) is 19.0. The molecule has 6 nitrogen and oxygen atoms in total. The molecule has 1 unspecified atom stereocenters. The molecule has 2 N–H and O–H groups in total. The highest BCUT2D eigenvalue weighted by molar-refractivity contribution is 7.89. The fourth-order valence-corrected chi connectivity index (χ4v) is 4.56. The second-order valence-corrected chi connectivity index (χ2v) is 9.19. The Kier molecular flexibility index (Phi) is 7.50. The summed E-state index contributed by atoms with van der Waals surface area (Å²) >= 11 is 6.11. The lowest BCUT2D eigenvalue weighted by atomic mass is 10.1. The quantitative estimate of drug-likeness (QED) is 0.503. The summed E-state index contributed by atoms with van der Waals surface area (Å²) in [5.41, 5.74) is 1.42. The fraction of sp³-hybridized carbons (Fsp3) is 0.174. The number of methoxy groups -OCH3 is 1. The molecule has 0 heterocycles. The van der Waals surface area contributed by atoms with Crippen LogP contribution in [-0.4, -0.2) is 21.4 Å². The van der Waals surface area contributed by atoms with Crippen molar-refractivity contribution in [2.75, 3.05) is 7.11 Å². The summed E-state index contributed by atoms with van der Waals surface area (Å²) in [6.45, 7) is 1.77. The van der Waals surface area contributed by atoms with Crippen LogP contribution in [0.15, 0.2) is 71.6 Å². The molecule has 0 bridgehead atoms. The van der Waals surface area contributed by atoms with Crippen molar-refractivity contribution in [2.24, 2.45) is 0 Å². The maximum absolute atomic E-state index is 14.0. The molecule has 168 valence electrons. The third-order valence-corrected chi connectivity index (χ3v) is 6.70. The van der Waals surface area contributed by atoms with Crippen molar-refractivity contribution in [2.45, 2.75) is 24.4 Å². The number of sulfonamides is 1. The van der Waals surface area contributed by atoms with Crippen molar-refractivity contribution in [1.29, 1.82) is 0 Å². The van der Waals surface area contributed by atoms with E-state index in [4.69, 9.17) is 16.3 Å². The van der Waals surface area contributed by atoms with Crippen LogP contribution in [-0.2, 0) is 16.6 Å². The molecule has 0 saturated heterocycles. The number of ether oxygens (including phenoxy) is 1. The number of hydrogen-bond acceptors (Lipinski definition) is 4. The standard InChI is InChI=1S/C23H22ClFN2O4S/c1-15(17-9-11-21(31-2)20(25)12-17)27-23(28)18-8-10-19(24)22(13-18)32(29,30)26-14-16-6-4-3-5-7-16/h3-13,15,26H,14H2,1-2H3,(H,27,28). The van der Waals surface area contributed by atoms with E-state index >= 15 is 0 Å². The summed E-state index contributed by atoms with van der Waals surface area (Å²) in [7, 11) is -2.60. The molecule has 0 aliphatic rings. The molecule has 32 heavy (non-hydrogen) atoms. The number of carbonyl (C=O) groups excluding carboxylic acids is 1. The van der Waals surface area contributed by atoms with Gasteiger partial charge in [0.25, 0.3) is 5.91 Å². The van der Waals surface area contributed by atoms with Crippen LogP contribution in [0, 0.1) is 5.82 Å². The number of benzene rings is 3. The summed E-state index contributed by atoms with van der Waals surface area (Å²) in [5.74, 6) is -0.969. The van der Waals surface area contributed by atoms with Gasteiger partial charge in [-0.3, -0.25) is 4.79 Å². The van der Waals surface area contributed by atoms with Crippen molar-refractivity contribution in [3.63, 3.8) is 0 Å². The van der Waals surface area contributed by atoms with Crippen LogP contribution in [0.2, 0.25) is 5.02 Å². The molecule has 9 heteroatoms. The van der Waals surface area contributed by atoms with Gasteiger partial charge in [0.2, 0.25) is 10.0 Å². The van der Waals surface area contributed by atoms with E-state index in [1.807, 2.05) is 6.07 Å². The molecule has 0 aromatic heterocycles. The highest BCUT2D eigenvalue weighted by Crippen LogP contribution is 2.25. The van der Waals surface area contributed by atoms with Gasteiger partial charge in [-0.2, -0.15) is 0 Å². The largest absolute Gasteiger partial charge is 0.494 e. The molecular weight excluding hydrogens is 455 g/mol. The first-order valence-electron chi connectivity index (χ1n) is 9.68. The van der Waals surface area contributed by atoms with E-state index in [0.717, 1.165) is 5.56 Å². The summed E-state index contributed by atoms with van der Waals surface area (Å²) in [6.07, 6.45) is 0. The van der Waals surface area contributed by atoms with Gasteiger partial charge >= 0.3 is 0 Å². The normalized spacial score (nSPS) is 12.2. The monoisotopic (exact) mass is 476 g/mol. The lowest BCUT2D eigenvalue weighted by Crippen LogP contribution is -2.28. The smallest absolute Gasteiger partial charge is 0.251 e. The number of hydrogen-bond donors (Lipinski definition) is 2. The lowest BCUT2D eigenvalue weighted by Gasteiger charge is -2.16. The number of nitrogens with one attached hydrogen (secondary N) is 2. The molecule has 0 spiro atoms. The maximum atomic E-state index is 14.0.